The molecule has 0 saturated heterocycles. The standard InChI is InChI=1S/C29H44O10/c1-14-11-21(39-23(33)15(14)2)26(5,34)27(35)13-22(38-6)28(36)17-12-20(32)29(37)19(31)8-7-18(30)25(29,4)16(17)9-10-24(27,28)3/h16-17,19-22,31-32,34-37H,7-13H2,1-6H3/t16-,17+,19-,20+,21-,22-,24+,25-,26-,27-,28-,29-/m0/s1. The monoisotopic (exact) mass is 552 g/mol. The van der Waals surface area contributed by atoms with Gasteiger partial charge in [0.2, 0.25) is 0 Å². The van der Waals surface area contributed by atoms with E-state index in [1.807, 2.05) is 0 Å². The van der Waals surface area contributed by atoms with E-state index in [1.54, 1.807) is 27.7 Å². The third-order valence-corrected chi connectivity index (χ3v) is 12.5. The predicted molar refractivity (Wildman–Crippen MR) is 137 cm³/mol. The molecule has 0 unspecified atom stereocenters. The maximum Gasteiger partial charge on any atom is 0.334 e. The zero-order valence-electron chi connectivity index (χ0n) is 23.7. The van der Waals surface area contributed by atoms with Gasteiger partial charge >= 0.3 is 5.97 Å². The van der Waals surface area contributed by atoms with E-state index in [0.717, 1.165) is 5.57 Å². The molecular formula is C29H44O10. The number of aliphatic hydroxyl groups is 6. The van der Waals surface area contributed by atoms with E-state index in [1.165, 1.54) is 14.0 Å². The van der Waals surface area contributed by atoms with Gasteiger partial charge in [-0.05, 0) is 65.2 Å². The van der Waals surface area contributed by atoms with Crippen molar-refractivity contribution in [3.8, 4) is 0 Å². The first-order valence-electron chi connectivity index (χ1n) is 14.1. The van der Waals surface area contributed by atoms with Gasteiger partial charge in [-0.2, -0.15) is 0 Å². The van der Waals surface area contributed by atoms with Crippen molar-refractivity contribution < 1.29 is 49.7 Å². The largest absolute Gasteiger partial charge is 0.455 e. The van der Waals surface area contributed by atoms with Gasteiger partial charge in [-0.3, -0.25) is 4.79 Å². The molecule has 10 heteroatoms. The highest BCUT2D eigenvalue weighted by Gasteiger charge is 2.82. The fraction of sp³-hybridized carbons (Fsp3) is 0.862. The fourth-order valence-corrected chi connectivity index (χ4v) is 9.66. The lowest BCUT2D eigenvalue weighted by atomic mass is 9.40. The molecule has 4 fully saturated rings. The zero-order valence-corrected chi connectivity index (χ0v) is 23.7. The van der Waals surface area contributed by atoms with Crippen LogP contribution in [-0.4, -0.2) is 96.3 Å². The Morgan fingerprint density at radius 3 is 2.23 bits per heavy atom. The molecular weight excluding hydrogens is 508 g/mol. The van der Waals surface area contributed by atoms with Crippen molar-refractivity contribution >= 4 is 11.8 Å². The smallest absolute Gasteiger partial charge is 0.334 e. The normalized spacial score (nSPS) is 53.4. The summed E-state index contributed by atoms with van der Waals surface area (Å²) in [6.45, 7) is 8.10. The van der Waals surface area contributed by atoms with Crippen molar-refractivity contribution in [2.24, 2.45) is 22.7 Å². The van der Waals surface area contributed by atoms with Crippen molar-refractivity contribution in [2.75, 3.05) is 7.11 Å². The molecule has 10 nitrogen and oxygen atoms in total. The SMILES string of the molecule is CO[C@H]1C[C@@](O)([C@@](C)(O)[C@@H]2CC(C)=C(C)C(=O)O2)[C@@]2(C)CC[C@H]3[C@@H](C[C@@H](O)[C@@]4(O)[C@@H](O)CCC(=O)[C@]34C)[C@]12O. The summed E-state index contributed by atoms with van der Waals surface area (Å²) in [5, 5.41) is 71.2. The number of carbonyl (C=O) groups is 2. The molecule has 5 aliphatic rings. The summed E-state index contributed by atoms with van der Waals surface area (Å²) in [6.07, 6.45) is -4.51. The van der Waals surface area contributed by atoms with Crippen LogP contribution in [-0.2, 0) is 19.1 Å². The van der Waals surface area contributed by atoms with Crippen LogP contribution in [0.5, 0.6) is 0 Å². The number of ether oxygens (including phenoxy) is 2. The first-order valence-corrected chi connectivity index (χ1v) is 14.1. The number of Topliss-reactive ketones (excluding diaryl/α,β-unsaturated/α-hetero) is 1. The van der Waals surface area contributed by atoms with E-state index in [-0.39, 0.29) is 50.7 Å². The number of cyclic esters (lactones) is 1. The van der Waals surface area contributed by atoms with Crippen molar-refractivity contribution in [2.45, 2.75) is 126 Å². The summed E-state index contributed by atoms with van der Waals surface area (Å²) in [7, 11) is 1.40. The number of carbonyl (C=O) groups excluding carboxylic acids is 2. The molecule has 0 spiro atoms. The summed E-state index contributed by atoms with van der Waals surface area (Å²) in [6, 6.07) is 0. The van der Waals surface area contributed by atoms with E-state index in [0.29, 0.717) is 5.57 Å². The van der Waals surface area contributed by atoms with Gasteiger partial charge in [0, 0.05) is 37.4 Å². The van der Waals surface area contributed by atoms with Crippen LogP contribution in [0.4, 0.5) is 0 Å². The number of hydrogen-bond donors (Lipinski definition) is 6. The second-order valence-electron chi connectivity index (χ2n) is 13.6. The van der Waals surface area contributed by atoms with Crippen molar-refractivity contribution in [3.63, 3.8) is 0 Å². The second kappa shape index (κ2) is 8.56. The van der Waals surface area contributed by atoms with Gasteiger partial charge in [0.25, 0.3) is 0 Å². The molecule has 5 rings (SSSR count). The van der Waals surface area contributed by atoms with Gasteiger partial charge in [0.05, 0.1) is 23.7 Å². The highest BCUT2D eigenvalue weighted by molar-refractivity contribution is 5.89. The minimum Gasteiger partial charge on any atom is -0.455 e. The van der Waals surface area contributed by atoms with Gasteiger partial charge in [0.15, 0.2) is 0 Å². The first-order chi connectivity index (χ1) is 17.9. The number of aliphatic hydroxyl groups excluding tert-OH is 2. The van der Waals surface area contributed by atoms with Crippen LogP contribution in [0, 0.1) is 22.7 Å². The van der Waals surface area contributed by atoms with Crippen LogP contribution < -0.4 is 0 Å². The molecule has 4 aliphatic carbocycles. The molecule has 6 N–H and O–H groups in total. The molecule has 0 aromatic heterocycles. The van der Waals surface area contributed by atoms with Gasteiger partial charge in [-0.1, -0.05) is 12.5 Å². The van der Waals surface area contributed by atoms with Gasteiger partial charge < -0.3 is 40.1 Å². The van der Waals surface area contributed by atoms with Crippen molar-refractivity contribution in [1.29, 1.82) is 0 Å². The van der Waals surface area contributed by atoms with Gasteiger partial charge in [-0.25, -0.2) is 4.79 Å². The number of esters is 1. The third kappa shape index (κ3) is 3.12. The lowest BCUT2D eigenvalue weighted by Gasteiger charge is -2.68. The number of methoxy groups -OCH3 is 1. The van der Waals surface area contributed by atoms with E-state index >= 15 is 0 Å². The maximum atomic E-state index is 13.5. The molecule has 0 aromatic rings. The van der Waals surface area contributed by atoms with Crippen molar-refractivity contribution in [3.05, 3.63) is 11.1 Å². The van der Waals surface area contributed by atoms with Crippen LogP contribution in [0.1, 0.15) is 79.6 Å². The summed E-state index contributed by atoms with van der Waals surface area (Å²) < 4.78 is 11.4. The molecule has 1 heterocycles. The summed E-state index contributed by atoms with van der Waals surface area (Å²) in [4.78, 5) is 26.0. The van der Waals surface area contributed by atoms with Crippen LogP contribution in [0.2, 0.25) is 0 Å². The number of ketones is 1. The maximum absolute atomic E-state index is 13.5. The average Bonchev–Trinajstić information content (AvgIpc) is 3.07. The summed E-state index contributed by atoms with van der Waals surface area (Å²) in [5.74, 6) is -2.29. The molecule has 12 atom stereocenters. The Kier molecular flexibility index (Phi) is 6.39. The number of rotatable bonds is 3. The van der Waals surface area contributed by atoms with Crippen LogP contribution in [0.25, 0.3) is 0 Å². The lowest BCUT2D eigenvalue weighted by molar-refractivity contribution is -0.321. The van der Waals surface area contributed by atoms with E-state index in [2.05, 4.69) is 0 Å². The second-order valence-corrected chi connectivity index (χ2v) is 13.6. The van der Waals surface area contributed by atoms with Crippen LogP contribution in [0.3, 0.4) is 0 Å². The number of fused-ring (bicyclic) bond motifs is 5. The molecule has 220 valence electrons. The molecule has 0 bridgehead atoms. The van der Waals surface area contributed by atoms with E-state index < -0.39 is 75.5 Å². The summed E-state index contributed by atoms with van der Waals surface area (Å²) >= 11 is 0. The molecule has 4 saturated carbocycles. The van der Waals surface area contributed by atoms with Crippen LogP contribution in [0.15, 0.2) is 11.1 Å². The Balaban J connectivity index is 1.62. The van der Waals surface area contributed by atoms with E-state index in [4.69, 9.17) is 9.47 Å². The quantitative estimate of drug-likeness (QED) is 0.271. The topological polar surface area (TPSA) is 174 Å². The van der Waals surface area contributed by atoms with E-state index in [9.17, 15) is 40.2 Å². The average molecular weight is 553 g/mol. The highest BCUT2D eigenvalue weighted by atomic mass is 16.6. The molecule has 1 aliphatic heterocycles. The molecule has 0 aromatic carbocycles. The third-order valence-electron chi connectivity index (χ3n) is 12.5. The Hall–Kier alpha value is -1.40. The Bertz CT molecular complexity index is 1120. The Morgan fingerprint density at radius 2 is 1.64 bits per heavy atom. The minimum atomic E-state index is -2.07. The minimum absolute atomic E-state index is 0.0390. The Morgan fingerprint density at radius 1 is 1.00 bits per heavy atom. The fourth-order valence-electron chi connectivity index (χ4n) is 9.66. The summed E-state index contributed by atoms with van der Waals surface area (Å²) in [5.41, 5.74) is -9.66. The first kappa shape index (κ1) is 29.1. The van der Waals surface area contributed by atoms with Crippen molar-refractivity contribution in [1.82, 2.24) is 0 Å². The highest BCUT2D eigenvalue weighted by Crippen LogP contribution is 2.72. The molecule has 39 heavy (non-hydrogen) atoms. The zero-order chi connectivity index (χ0) is 29.1. The molecule has 0 radical (unpaired) electrons. The predicted octanol–water partition coefficient (Wildman–Crippen LogP) is 0.528. The lowest BCUT2D eigenvalue weighted by Crippen LogP contribution is -2.79. The van der Waals surface area contributed by atoms with Gasteiger partial charge in [-0.15, -0.1) is 0 Å². The molecule has 0 amide bonds. The Labute approximate surface area is 229 Å². The van der Waals surface area contributed by atoms with Crippen LogP contribution >= 0.6 is 0 Å². The number of hydrogen-bond acceptors (Lipinski definition) is 10. The van der Waals surface area contributed by atoms with Gasteiger partial charge in [0.1, 0.15) is 34.3 Å².